The summed E-state index contributed by atoms with van der Waals surface area (Å²) in [5.74, 6) is 3.33. The van der Waals surface area contributed by atoms with Crippen molar-refractivity contribution in [1.82, 2.24) is 19.9 Å². The summed E-state index contributed by atoms with van der Waals surface area (Å²) in [6.07, 6.45) is 13.4. The van der Waals surface area contributed by atoms with Gasteiger partial charge in [0.2, 0.25) is 17.8 Å². The van der Waals surface area contributed by atoms with Gasteiger partial charge in [-0.25, -0.2) is 15.0 Å². The van der Waals surface area contributed by atoms with Gasteiger partial charge in [-0.3, -0.25) is 9.59 Å². The van der Waals surface area contributed by atoms with Gasteiger partial charge < -0.3 is 15.1 Å². The molecule has 0 aromatic carbocycles. The van der Waals surface area contributed by atoms with E-state index in [9.17, 15) is 9.59 Å². The number of carbonyl (C=O) groups excluding carboxylic acids is 2. The Labute approximate surface area is 212 Å². The monoisotopic (exact) mass is 488 g/mol. The number of hydrogen-bond acceptors (Lipinski definition) is 6. The van der Waals surface area contributed by atoms with Crippen molar-refractivity contribution in [2.24, 2.45) is 23.7 Å². The van der Waals surface area contributed by atoms with Gasteiger partial charge in [0.05, 0.1) is 23.5 Å². The van der Waals surface area contributed by atoms with Crippen LogP contribution in [0.4, 0.5) is 17.5 Å². The normalized spacial score (nSPS) is 27.7. The quantitative estimate of drug-likeness (QED) is 0.675. The van der Waals surface area contributed by atoms with Crippen molar-refractivity contribution in [2.45, 2.75) is 63.7 Å². The SMILES string of the molecule is CN(C)C(=O)C1Cc2cnc(Nc3ccc(N4CC5CCC(CC4=O)C5)cn3)nc2C1C1CCCC1. The van der Waals surface area contributed by atoms with Crippen molar-refractivity contribution in [1.29, 1.82) is 0 Å². The number of carbonyl (C=O) groups is 2. The van der Waals surface area contributed by atoms with Crippen LogP contribution in [0.2, 0.25) is 0 Å². The van der Waals surface area contributed by atoms with E-state index in [0.29, 0.717) is 42.4 Å². The Hall–Kier alpha value is -3.03. The molecular weight excluding hydrogens is 452 g/mol. The Bertz CT molecular complexity index is 1140. The molecule has 3 aliphatic carbocycles. The highest BCUT2D eigenvalue weighted by atomic mass is 16.2. The standard InChI is InChI=1S/C28H36N6O2/c1-33(2)27(36)22-13-20-14-30-28(32-26(20)25(22)19-5-3-4-6-19)31-23-10-9-21(15-29-23)34-16-18-8-7-17(11-18)12-24(34)35/h9-10,14-15,17-19,22,25H,3-8,11-13,16H2,1-2H3,(H,29,30,31,32). The van der Waals surface area contributed by atoms with E-state index in [1.807, 2.05) is 37.3 Å². The molecule has 4 aliphatic rings. The van der Waals surface area contributed by atoms with E-state index < -0.39 is 0 Å². The molecule has 3 heterocycles. The maximum atomic E-state index is 13.0. The third-order valence-corrected chi connectivity index (χ3v) is 8.91. The number of amides is 2. The minimum atomic E-state index is -0.0542. The molecule has 2 bridgehead atoms. The predicted octanol–water partition coefficient (Wildman–Crippen LogP) is 4.30. The molecular formula is C28H36N6O2. The molecule has 36 heavy (non-hydrogen) atoms. The van der Waals surface area contributed by atoms with E-state index in [2.05, 4.69) is 15.3 Å². The lowest BCUT2D eigenvalue weighted by Gasteiger charge is -2.27. The van der Waals surface area contributed by atoms with Crippen molar-refractivity contribution in [3.05, 3.63) is 35.8 Å². The molecule has 4 atom stereocenters. The third-order valence-electron chi connectivity index (χ3n) is 8.91. The fourth-order valence-electron chi connectivity index (χ4n) is 7.15. The minimum Gasteiger partial charge on any atom is -0.349 e. The van der Waals surface area contributed by atoms with Gasteiger partial charge in [-0.05, 0) is 74.0 Å². The molecule has 2 aromatic rings. The Morgan fingerprint density at radius 3 is 2.58 bits per heavy atom. The summed E-state index contributed by atoms with van der Waals surface area (Å²) < 4.78 is 0. The Morgan fingerprint density at radius 1 is 1.03 bits per heavy atom. The molecule has 3 fully saturated rings. The first-order valence-electron chi connectivity index (χ1n) is 13.6. The maximum absolute atomic E-state index is 13.0. The van der Waals surface area contributed by atoms with Crippen molar-refractivity contribution in [3.63, 3.8) is 0 Å². The van der Waals surface area contributed by atoms with Crippen LogP contribution >= 0.6 is 0 Å². The zero-order valence-corrected chi connectivity index (χ0v) is 21.3. The molecule has 2 aromatic heterocycles. The second-order valence-electron chi connectivity index (χ2n) is 11.5. The molecule has 6 rings (SSSR count). The number of fused-ring (bicyclic) bond motifs is 3. The summed E-state index contributed by atoms with van der Waals surface area (Å²) in [5, 5.41) is 3.26. The molecule has 1 saturated heterocycles. The first-order valence-corrected chi connectivity index (χ1v) is 13.6. The molecule has 1 aliphatic heterocycles. The van der Waals surface area contributed by atoms with E-state index in [1.165, 1.54) is 32.1 Å². The Kier molecular flexibility index (Phi) is 6.13. The lowest BCUT2D eigenvalue weighted by Crippen LogP contribution is -2.34. The average molecular weight is 489 g/mol. The second kappa shape index (κ2) is 9.45. The fraction of sp³-hybridized carbons (Fsp3) is 0.607. The number of hydrogen-bond donors (Lipinski definition) is 1. The van der Waals surface area contributed by atoms with E-state index in [4.69, 9.17) is 4.98 Å². The lowest BCUT2D eigenvalue weighted by molar-refractivity contribution is -0.133. The summed E-state index contributed by atoms with van der Waals surface area (Å²) in [7, 11) is 3.68. The topological polar surface area (TPSA) is 91.3 Å². The number of nitrogens with zero attached hydrogens (tertiary/aromatic N) is 5. The number of pyridine rings is 1. The van der Waals surface area contributed by atoms with E-state index in [1.54, 1.807) is 11.1 Å². The van der Waals surface area contributed by atoms with Crippen LogP contribution in [0, 0.1) is 23.7 Å². The van der Waals surface area contributed by atoms with Gasteiger partial charge in [0, 0.05) is 39.2 Å². The largest absolute Gasteiger partial charge is 0.349 e. The number of rotatable bonds is 5. The zero-order valence-electron chi connectivity index (χ0n) is 21.3. The van der Waals surface area contributed by atoms with Gasteiger partial charge in [-0.2, -0.15) is 0 Å². The molecule has 8 heteroatoms. The first kappa shape index (κ1) is 23.4. The Balaban J connectivity index is 1.20. The van der Waals surface area contributed by atoms with E-state index in [-0.39, 0.29) is 23.7 Å². The molecule has 190 valence electrons. The molecule has 4 unspecified atom stereocenters. The Morgan fingerprint density at radius 2 is 1.83 bits per heavy atom. The van der Waals surface area contributed by atoms with Crippen LogP contribution in [0.1, 0.15) is 68.5 Å². The lowest BCUT2D eigenvalue weighted by atomic mass is 9.81. The summed E-state index contributed by atoms with van der Waals surface area (Å²) in [4.78, 5) is 43.5. The number of anilines is 3. The smallest absolute Gasteiger partial charge is 0.228 e. The van der Waals surface area contributed by atoms with Crippen LogP contribution in [0.15, 0.2) is 24.5 Å². The molecule has 2 saturated carbocycles. The van der Waals surface area contributed by atoms with Gasteiger partial charge >= 0.3 is 0 Å². The van der Waals surface area contributed by atoms with Crippen molar-refractivity contribution >= 4 is 29.3 Å². The van der Waals surface area contributed by atoms with Crippen LogP contribution in [0.25, 0.3) is 0 Å². The molecule has 0 spiro atoms. The van der Waals surface area contributed by atoms with Gasteiger partial charge in [0.25, 0.3) is 0 Å². The van der Waals surface area contributed by atoms with Gasteiger partial charge in [-0.1, -0.05) is 12.8 Å². The van der Waals surface area contributed by atoms with Crippen LogP contribution in [-0.2, 0) is 16.0 Å². The number of nitrogens with one attached hydrogen (secondary N) is 1. The van der Waals surface area contributed by atoms with Gasteiger partial charge in [-0.15, -0.1) is 0 Å². The highest BCUT2D eigenvalue weighted by Gasteiger charge is 2.44. The van der Waals surface area contributed by atoms with E-state index in [0.717, 1.165) is 36.3 Å². The summed E-state index contributed by atoms with van der Waals surface area (Å²) in [6.45, 7) is 0.799. The van der Waals surface area contributed by atoms with Crippen LogP contribution in [0.3, 0.4) is 0 Å². The molecule has 0 radical (unpaired) electrons. The highest BCUT2D eigenvalue weighted by Crippen LogP contribution is 2.48. The summed E-state index contributed by atoms with van der Waals surface area (Å²) in [6, 6.07) is 3.86. The van der Waals surface area contributed by atoms with Gasteiger partial charge in [0.15, 0.2) is 0 Å². The fourth-order valence-corrected chi connectivity index (χ4v) is 7.15. The first-order chi connectivity index (χ1) is 17.5. The zero-order chi connectivity index (χ0) is 24.8. The van der Waals surface area contributed by atoms with Crippen LogP contribution in [-0.4, -0.2) is 52.3 Å². The number of aromatic nitrogens is 3. The third kappa shape index (κ3) is 4.35. The molecule has 1 N–H and O–H groups in total. The highest BCUT2D eigenvalue weighted by molar-refractivity contribution is 5.93. The van der Waals surface area contributed by atoms with E-state index >= 15 is 0 Å². The summed E-state index contributed by atoms with van der Waals surface area (Å²) >= 11 is 0. The average Bonchev–Trinajstić information content (AvgIpc) is 3.59. The molecule has 2 amide bonds. The predicted molar refractivity (Wildman–Crippen MR) is 138 cm³/mol. The summed E-state index contributed by atoms with van der Waals surface area (Å²) in [5.41, 5.74) is 2.98. The minimum absolute atomic E-state index is 0.0542. The molecule has 8 nitrogen and oxygen atoms in total. The van der Waals surface area contributed by atoms with Crippen LogP contribution in [0.5, 0.6) is 0 Å². The van der Waals surface area contributed by atoms with Crippen LogP contribution < -0.4 is 10.2 Å². The van der Waals surface area contributed by atoms with Gasteiger partial charge in [0.1, 0.15) is 5.82 Å². The van der Waals surface area contributed by atoms with Crippen molar-refractivity contribution < 1.29 is 9.59 Å². The van der Waals surface area contributed by atoms with Crippen molar-refractivity contribution in [3.8, 4) is 0 Å². The maximum Gasteiger partial charge on any atom is 0.228 e. The van der Waals surface area contributed by atoms with Crippen molar-refractivity contribution in [2.75, 3.05) is 30.9 Å². The second-order valence-corrected chi connectivity index (χ2v) is 11.5.